The largest absolute Gasteiger partial charge is 0.493 e. The molecule has 1 heterocycles. The third-order valence-corrected chi connectivity index (χ3v) is 2.78. The summed E-state index contributed by atoms with van der Waals surface area (Å²) in [7, 11) is 0. The van der Waals surface area contributed by atoms with Crippen LogP contribution in [0, 0.1) is 0 Å². The van der Waals surface area contributed by atoms with E-state index < -0.39 is 0 Å². The Labute approximate surface area is 96.0 Å². The lowest BCUT2D eigenvalue weighted by molar-refractivity contribution is 0.288. The van der Waals surface area contributed by atoms with Gasteiger partial charge in [-0.25, -0.2) is 0 Å². The van der Waals surface area contributed by atoms with Crippen LogP contribution in [0.5, 0.6) is 5.75 Å². The van der Waals surface area contributed by atoms with E-state index in [0.29, 0.717) is 13.1 Å². The van der Waals surface area contributed by atoms with Crippen molar-refractivity contribution in [1.29, 1.82) is 0 Å². The van der Waals surface area contributed by atoms with E-state index in [1.807, 2.05) is 12.1 Å². The third-order valence-electron chi connectivity index (χ3n) is 2.78. The van der Waals surface area contributed by atoms with Crippen molar-refractivity contribution in [3.63, 3.8) is 0 Å². The number of fused-ring (bicyclic) bond motifs is 1. The fourth-order valence-electron chi connectivity index (χ4n) is 1.80. The maximum atomic E-state index is 5.75. The molecule has 1 aromatic carbocycles. The van der Waals surface area contributed by atoms with Crippen molar-refractivity contribution in [3.05, 3.63) is 23.8 Å². The summed E-state index contributed by atoms with van der Waals surface area (Å²) in [5.41, 5.74) is 13.6. The molecule has 0 aromatic heterocycles. The average Bonchev–Trinajstić information content (AvgIpc) is 2.35. The summed E-state index contributed by atoms with van der Waals surface area (Å²) in [6, 6.07) is 6.18. The van der Waals surface area contributed by atoms with Crippen LogP contribution in [0.4, 0.5) is 5.69 Å². The van der Waals surface area contributed by atoms with Gasteiger partial charge < -0.3 is 21.5 Å². The van der Waals surface area contributed by atoms with Crippen molar-refractivity contribution < 1.29 is 4.74 Å². The molecule has 2 rings (SSSR count). The Morgan fingerprint density at radius 3 is 3.12 bits per heavy atom. The molecule has 1 unspecified atom stereocenters. The second-order valence-electron chi connectivity index (χ2n) is 4.15. The summed E-state index contributed by atoms with van der Waals surface area (Å²) in [6.45, 7) is 2.04. The summed E-state index contributed by atoms with van der Waals surface area (Å²) in [5, 5.41) is 3.28. The predicted molar refractivity (Wildman–Crippen MR) is 65.8 cm³/mol. The maximum absolute atomic E-state index is 5.75. The van der Waals surface area contributed by atoms with Crippen molar-refractivity contribution in [1.82, 2.24) is 0 Å². The van der Waals surface area contributed by atoms with Crippen LogP contribution in [-0.4, -0.2) is 25.7 Å². The van der Waals surface area contributed by atoms with Crippen LogP contribution in [0.25, 0.3) is 0 Å². The van der Waals surface area contributed by atoms with E-state index in [0.717, 1.165) is 30.9 Å². The number of hydrogen-bond acceptors (Lipinski definition) is 4. The molecule has 0 aliphatic carbocycles. The molecule has 0 radical (unpaired) electrons. The van der Waals surface area contributed by atoms with Crippen molar-refractivity contribution in [2.75, 3.05) is 25.0 Å². The molecular formula is C12H19N3O. The Bertz CT molecular complexity index is 354. The third kappa shape index (κ3) is 2.65. The molecule has 0 fully saturated rings. The van der Waals surface area contributed by atoms with Gasteiger partial charge in [-0.05, 0) is 36.6 Å². The molecule has 0 amide bonds. The second-order valence-corrected chi connectivity index (χ2v) is 4.15. The Morgan fingerprint density at radius 2 is 2.31 bits per heavy atom. The van der Waals surface area contributed by atoms with Gasteiger partial charge in [0.1, 0.15) is 5.75 Å². The molecule has 4 heteroatoms. The molecule has 88 valence electrons. The molecule has 0 saturated carbocycles. The first-order chi connectivity index (χ1) is 7.79. The van der Waals surface area contributed by atoms with Gasteiger partial charge in [-0.1, -0.05) is 0 Å². The van der Waals surface area contributed by atoms with Crippen molar-refractivity contribution >= 4 is 5.69 Å². The van der Waals surface area contributed by atoms with Gasteiger partial charge >= 0.3 is 0 Å². The van der Waals surface area contributed by atoms with Crippen LogP contribution >= 0.6 is 0 Å². The number of anilines is 1. The lowest BCUT2D eigenvalue weighted by Gasteiger charge is -2.19. The summed E-state index contributed by atoms with van der Waals surface area (Å²) in [5.74, 6) is 1.01. The zero-order valence-electron chi connectivity index (χ0n) is 9.41. The molecule has 4 nitrogen and oxygen atoms in total. The molecule has 16 heavy (non-hydrogen) atoms. The van der Waals surface area contributed by atoms with Gasteiger partial charge in [-0.15, -0.1) is 0 Å². The SMILES string of the molecule is NCC(N)CNc1ccc2c(c1)CCCO2. The minimum absolute atomic E-state index is 0.00674. The summed E-state index contributed by atoms with van der Waals surface area (Å²) in [4.78, 5) is 0. The Hall–Kier alpha value is -1.26. The zero-order chi connectivity index (χ0) is 11.4. The van der Waals surface area contributed by atoms with Crippen LogP contribution in [0.1, 0.15) is 12.0 Å². The van der Waals surface area contributed by atoms with Gasteiger partial charge in [0, 0.05) is 24.8 Å². The van der Waals surface area contributed by atoms with Gasteiger partial charge in [0.25, 0.3) is 0 Å². The van der Waals surface area contributed by atoms with Crippen LogP contribution in [0.3, 0.4) is 0 Å². The van der Waals surface area contributed by atoms with Crippen LogP contribution in [-0.2, 0) is 6.42 Å². The molecule has 1 aliphatic rings. The van der Waals surface area contributed by atoms with Crippen LogP contribution in [0.15, 0.2) is 18.2 Å². The van der Waals surface area contributed by atoms with Crippen molar-refractivity contribution in [2.45, 2.75) is 18.9 Å². The monoisotopic (exact) mass is 221 g/mol. The van der Waals surface area contributed by atoms with E-state index in [1.54, 1.807) is 0 Å². The van der Waals surface area contributed by atoms with E-state index in [1.165, 1.54) is 5.56 Å². The van der Waals surface area contributed by atoms with Gasteiger partial charge in [0.05, 0.1) is 6.61 Å². The van der Waals surface area contributed by atoms with Crippen molar-refractivity contribution in [2.24, 2.45) is 11.5 Å². The Kier molecular flexibility index (Phi) is 3.64. The van der Waals surface area contributed by atoms with Crippen molar-refractivity contribution in [3.8, 4) is 5.75 Å². The molecule has 1 atom stereocenters. The molecule has 0 saturated heterocycles. The maximum Gasteiger partial charge on any atom is 0.122 e. The normalized spacial score (nSPS) is 16.1. The lowest BCUT2D eigenvalue weighted by atomic mass is 10.1. The minimum Gasteiger partial charge on any atom is -0.493 e. The second kappa shape index (κ2) is 5.18. The van der Waals surface area contributed by atoms with Gasteiger partial charge in [-0.2, -0.15) is 0 Å². The van der Waals surface area contributed by atoms with E-state index in [4.69, 9.17) is 16.2 Å². The Balaban J connectivity index is 2.00. The van der Waals surface area contributed by atoms with Gasteiger partial charge in [-0.3, -0.25) is 0 Å². The fraction of sp³-hybridized carbons (Fsp3) is 0.500. The summed E-state index contributed by atoms with van der Waals surface area (Å²) < 4.78 is 5.55. The highest BCUT2D eigenvalue weighted by Gasteiger charge is 2.10. The van der Waals surface area contributed by atoms with Gasteiger partial charge in [0.15, 0.2) is 0 Å². The first kappa shape index (κ1) is 11.2. The summed E-state index contributed by atoms with van der Waals surface area (Å²) >= 11 is 0. The molecule has 0 bridgehead atoms. The minimum atomic E-state index is 0.00674. The number of rotatable bonds is 4. The van der Waals surface area contributed by atoms with E-state index in [9.17, 15) is 0 Å². The lowest BCUT2D eigenvalue weighted by Crippen LogP contribution is -2.36. The highest BCUT2D eigenvalue weighted by Crippen LogP contribution is 2.27. The fourth-order valence-corrected chi connectivity index (χ4v) is 1.80. The molecule has 1 aromatic rings. The summed E-state index contributed by atoms with van der Waals surface area (Å²) in [6.07, 6.45) is 2.19. The predicted octanol–water partition coefficient (Wildman–Crippen LogP) is 0.709. The molecular weight excluding hydrogens is 202 g/mol. The number of nitrogens with two attached hydrogens (primary N) is 2. The first-order valence-electron chi connectivity index (χ1n) is 5.75. The molecule has 0 spiro atoms. The standard InChI is InChI=1S/C12H19N3O/c13-7-10(14)8-15-11-3-4-12-9(6-11)2-1-5-16-12/h3-4,6,10,15H,1-2,5,7-8,13-14H2. The topological polar surface area (TPSA) is 73.3 Å². The molecule has 5 N–H and O–H groups in total. The molecule has 1 aliphatic heterocycles. The van der Waals surface area contributed by atoms with Gasteiger partial charge in [0.2, 0.25) is 0 Å². The number of nitrogens with one attached hydrogen (secondary N) is 1. The highest BCUT2D eigenvalue weighted by molar-refractivity contribution is 5.51. The Morgan fingerprint density at radius 1 is 1.44 bits per heavy atom. The van der Waals surface area contributed by atoms with Crippen LogP contribution < -0.4 is 21.5 Å². The van der Waals surface area contributed by atoms with E-state index in [2.05, 4.69) is 11.4 Å². The van der Waals surface area contributed by atoms with Crippen LogP contribution in [0.2, 0.25) is 0 Å². The van der Waals surface area contributed by atoms with E-state index >= 15 is 0 Å². The first-order valence-corrected chi connectivity index (χ1v) is 5.75. The number of ether oxygens (including phenoxy) is 1. The number of aryl methyl sites for hydroxylation is 1. The number of benzene rings is 1. The highest BCUT2D eigenvalue weighted by atomic mass is 16.5. The average molecular weight is 221 g/mol. The smallest absolute Gasteiger partial charge is 0.122 e. The zero-order valence-corrected chi connectivity index (χ0v) is 9.41. The number of hydrogen-bond donors (Lipinski definition) is 3. The quantitative estimate of drug-likeness (QED) is 0.700. The van der Waals surface area contributed by atoms with E-state index in [-0.39, 0.29) is 6.04 Å².